The molecule has 0 unspecified atom stereocenters. The lowest BCUT2D eigenvalue weighted by Gasteiger charge is -2.11. The van der Waals surface area contributed by atoms with Crippen LogP contribution in [-0.4, -0.2) is 27.9 Å². The van der Waals surface area contributed by atoms with Crippen LogP contribution in [0, 0.1) is 10.1 Å². The monoisotopic (exact) mass is 396 g/mol. The molecule has 7 nitrogen and oxygen atoms in total. The molecular weight excluding hydrogens is 380 g/mol. The zero-order chi connectivity index (χ0) is 20.9. The first-order chi connectivity index (χ1) is 14.6. The number of nitro benzene ring substituents is 1. The first-order valence-corrected chi connectivity index (χ1v) is 9.15. The average molecular weight is 396 g/mol. The molecule has 1 amide bonds. The Morgan fingerprint density at radius 1 is 0.867 bits per heavy atom. The molecule has 0 aromatic heterocycles. The molecule has 1 aliphatic heterocycles. The van der Waals surface area contributed by atoms with Crippen LogP contribution in [0.1, 0.15) is 16.7 Å². The largest absolute Gasteiger partial charge is 0.298 e. The highest BCUT2D eigenvalue weighted by molar-refractivity contribution is 6.19. The minimum atomic E-state index is -0.469. The molecular formula is C23H16N4O3. The summed E-state index contributed by atoms with van der Waals surface area (Å²) >= 11 is 0. The summed E-state index contributed by atoms with van der Waals surface area (Å²) in [5.41, 5.74) is 2.42. The van der Waals surface area contributed by atoms with E-state index in [4.69, 9.17) is 0 Å². The van der Waals surface area contributed by atoms with Gasteiger partial charge in [-0.1, -0.05) is 60.7 Å². The van der Waals surface area contributed by atoms with Crippen molar-refractivity contribution in [2.75, 3.05) is 0 Å². The van der Waals surface area contributed by atoms with Crippen molar-refractivity contribution < 1.29 is 9.72 Å². The molecule has 0 aliphatic carbocycles. The molecule has 0 radical (unpaired) electrons. The van der Waals surface area contributed by atoms with Gasteiger partial charge >= 0.3 is 0 Å². The van der Waals surface area contributed by atoms with Gasteiger partial charge in [0.25, 0.3) is 11.6 Å². The number of benzene rings is 3. The van der Waals surface area contributed by atoms with Gasteiger partial charge in [0.1, 0.15) is 5.70 Å². The van der Waals surface area contributed by atoms with Crippen LogP contribution in [0.5, 0.6) is 0 Å². The average Bonchev–Trinajstić information content (AvgIpc) is 3.09. The van der Waals surface area contributed by atoms with E-state index in [1.54, 1.807) is 24.4 Å². The van der Waals surface area contributed by atoms with Gasteiger partial charge in [0.05, 0.1) is 11.1 Å². The maximum atomic E-state index is 13.0. The van der Waals surface area contributed by atoms with Crippen molar-refractivity contribution in [1.82, 2.24) is 5.01 Å². The Kier molecular flexibility index (Phi) is 5.25. The highest BCUT2D eigenvalue weighted by atomic mass is 16.6. The molecule has 3 aromatic rings. The summed E-state index contributed by atoms with van der Waals surface area (Å²) < 4.78 is 0. The predicted molar refractivity (Wildman–Crippen MR) is 115 cm³/mol. The third kappa shape index (κ3) is 4.05. The van der Waals surface area contributed by atoms with Crippen LogP contribution in [0.2, 0.25) is 0 Å². The fourth-order valence-electron chi connectivity index (χ4n) is 2.90. The molecule has 0 saturated heterocycles. The number of amides is 1. The second-order valence-electron chi connectivity index (χ2n) is 6.45. The van der Waals surface area contributed by atoms with E-state index < -0.39 is 4.92 Å². The Balaban J connectivity index is 1.70. The van der Waals surface area contributed by atoms with Crippen LogP contribution < -0.4 is 0 Å². The standard InChI is InChI=1S/C23H16N4O3/c28-23-21(15-17-11-13-20(14-12-17)27(29)30)25-22(19-9-5-2-6-10-19)26(23)24-16-18-7-3-1-4-8-18/h1-16H/b21-15+,24-16+. The number of aliphatic imine (C=N–C) groups is 1. The fourth-order valence-corrected chi connectivity index (χ4v) is 2.90. The molecule has 1 aliphatic rings. The minimum absolute atomic E-state index is 0.0162. The normalized spacial score (nSPS) is 15.1. The summed E-state index contributed by atoms with van der Waals surface area (Å²) in [7, 11) is 0. The van der Waals surface area contributed by atoms with Crippen molar-refractivity contribution in [3.63, 3.8) is 0 Å². The predicted octanol–water partition coefficient (Wildman–Crippen LogP) is 4.26. The smallest absolute Gasteiger partial charge is 0.265 e. The summed E-state index contributed by atoms with van der Waals surface area (Å²) in [5.74, 6) is 0.0420. The molecule has 4 rings (SSSR count). The van der Waals surface area contributed by atoms with Crippen molar-refractivity contribution >= 4 is 29.7 Å². The molecule has 7 heteroatoms. The number of hydrogen-bond acceptors (Lipinski definition) is 5. The molecule has 1 heterocycles. The third-order valence-electron chi connectivity index (χ3n) is 4.40. The van der Waals surface area contributed by atoms with Gasteiger partial charge in [-0.25, -0.2) is 4.99 Å². The van der Waals surface area contributed by atoms with Crippen molar-refractivity contribution in [1.29, 1.82) is 0 Å². The van der Waals surface area contributed by atoms with Gasteiger partial charge in [-0.2, -0.15) is 10.1 Å². The van der Waals surface area contributed by atoms with E-state index in [0.717, 1.165) is 11.1 Å². The lowest BCUT2D eigenvalue weighted by molar-refractivity contribution is -0.384. The molecule has 0 spiro atoms. The number of non-ortho nitro benzene ring substituents is 1. The zero-order valence-electron chi connectivity index (χ0n) is 15.8. The molecule has 0 bridgehead atoms. The summed E-state index contributed by atoms with van der Waals surface area (Å²) in [6.45, 7) is 0. The van der Waals surface area contributed by atoms with E-state index >= 15 is 0 Å². The summed E-state index contributed by atoms with van der Waals surface area (Å²) in [6.07, 6.45) is 3.19. The molecule has 0 saturated carbocycles. The number of hydrogen-bond donors (Lipinski definition) is 0. The van der Waals surface area contributed by atoms with Crippen LogP contribution in [0.4, 0.5) is 5.69 Å². The van der Waals surface area contributed by atoms with Crippen LogP contribution in [-0.2, 0) is 4.79 Å². The number of carbonyl (C=O) groups excluding carboxylic acids is 1. The number of amidine groups is 1. The lowest BCUT2D eigenvalue weighted by atomic mass is 10.2. The molecule has 0 N–H and O–H groups in total. The maximum Gasteiger partial charge on any atom is 0.298 e. The van der Waals surface area contributed by atoms with Gasteiger partial charge in [0.15, 0.2) is 5.84 Å². The van der Waals surface area contributed by atoms with E-state index in [-0.39, 0.29) is 17.3 Å². The summed E-state index contributed by atoms with van der Waals surface area (Å²) in [6, 6.07) is 24.7. The minimum Gasteiger partial charge on any atom is -0.265 e. The van der Waals surface area contributed by atoms with Crippen molar-refractivity contribution in [2.45, 2.75) is 0 Å². The maximum absolute atomic E-state index is 13.0. The first kappa shape index (κ1) is 18.9. The summed E-state index contributed by atoms with van der Waals surface area (Å²) in [4.78, 5) is 27.9. The van der Waals surface area contributed by atoms with Gasteiger partial charge in [0, 0.05) is 17.7 Å². The van der Waals surface area contributed by atoms with Gasteiger partial charge in [0.2, 0.25) is 0 Å². The lowest BCUT2D eigenvalue weighted by Crippen LogP contribution is -2.27. The zero-order valence-corrected chi connectivity index (χ0v) is 15.8. The number of hydrazone groups is 1. The van der Waals surface area contributed by atoms with Crippen LogP contribution in [0.3, 0.4) is 0 Å². The van der Waals surface area contributed by atoms with Crippen LogP contribution in [0.25, 0.3) is 6.08 Å². The van der Waals surface area contributed by atoms with Crippen molar-refractivity contribution in [2.24, 2.45) is 10.1 Å². The topological polar surface area (TPSA) is 88.2 Å². The second kappa shape index (κ2) is 8.32. The highest BCUT2D eigenvalue weighted by Crippen LogP contribution is 2.23. The van der Waals surface area contributed by atoms with Gasteiger partial charge in [-0.15, -0.1) is 0 Å². The van der Waals surface area contributed by atoms with E-state index in [9.17, 15) is 14.9 Å². The Labute approximate surface area is 172 Å². The Bertz CT molecular complexity index is 1170. The Morgan fingerprint density at radius 3 is 2.13 bits per heavy atom. The molecule has 30 heavy (non-hydrogen) atoms. The number of carbonyl (C=O) groups is 1. The SMILES string of the molecule is O=C1/C(=C\c2ccc([N+](=O)[O-])cc2)N=C(c2ccccc2)N1/N=C/c1ccccc1. The number of nitro groups is 1. The van der Waals surface area contributed by atoms with E-state index in [0.29, 0.717) is 11.4 Å². The van der Waals surface area contributed by atoms with Gasteiger partial charge in [-0.05, 0) is 29.3 Å². The Hall–Kier alpha value is -4.39. The number of rotatable bonds is 5. The van der Waals surface area contributed by atoms with Gasteiger partial charge in [-0.3, -0.25) is 14.9 Å². The quantitative estimate of drug-likeness (QED) is 0.279. The number of nitrogens with zero attached hydrogens (tertiary/aromatic N) is 4. The second-order valence-corrected chi connectivity index (χ2v) is 6.45. The first-order valence-electron chi connectivity index (χ1n) is 9.15. The van der Waals surface area contributed by atoms with Crippen molar-refractivity contribution in [3.05, 3.63) is 117 Å². The highest BCUT2D eigenvalue weighted by Gasteiger charge is 2.31. The van der Waals surface area contributed by atoms with E-state index in [2.05, 4.69) is 10.1 Å². The fraction of sp³-hybridized carbons (Fsp3) is 0. The van der Waals surface area contributed by atoms with Crippen molar-refractivity contribution in [3.8, 4) is 0 Å². The summed E-state index contributed by atoms with van der Waals surface area (Å²) in [5, 5.41) is 16.5. The van der Waals surface area contributed by atoms with E-state index in [1.807, 2.05) is 60.7 Å². The van der Waals surface area contributed by atoms with Crippen LogP contribution in [0.15, 0.2) is 101 Å². The molecule has 3 aromatic carbocycles. The van der Waals surface area contributed by atoms with Gasteiger partial charge < -0.3 is 0 Å². The van der Waals surface area contributed by atoms with E-state index in [1.165, 1.54) is 17.1 Å². The molecule has 0 fully saturated rings. The molecule has 146 valence electrons. The van der Waals surface area contributed by atoms with Crippen LogP contribution >= 0.6 is 0 Å². The third-order valence-corrected chi connectivity index (χ3v) is 4.40. The molecule has 0 atom stereocenters. The Morgan fingerprint density at radius 2 is 1.50 bits per heavy atom.